The van der Waals surface area contributed by atoms with Crippen LogP contribution >= 0.6 is 11.8 Å². The summed E-state index contributed by atoms with van der Waals surface area (Å²) in [7, 11) is 0. The Morgan fingerprint density at radius 1 is 1.22 bits per heavy atom. The molecule has 1 aliphatic heterocycles. The molecular formula is C15H23NOS. The number of benzene rings is 1. The Balaban J connectivity index is 1.72. The highest BCUT2D eigenvalue weighted by atomic mass is 32.2. The second-order valence-corrected chi connectivity index (χ2v) is 5.96. The zero-order valence-electron chi connectivity index (χ0n) is 11.0. The van der Waals surface area contributed by atoms with Gasteiger partial charge in [0.15, 0.2) is 0 Å². The summed E-state index contributed by atoms with van der Waals surface area (Å²) in [5.74, 6) is 1.28. The minimum absolute atomic E-state index is 0.310. The van der Waals surface area contributed by atoms with Crippen molar-refractivity contribution in [2.75, 3.05) is 25.4 Å². The molecule has 0 fully saturated rings. The highest BCUT2D eigenvalue weighted by molar-refractivity contribution is 7.99. The van der Waals surface area contributed by atoms with Crippen LogP contribution in [0.4, 0.5) is 0 Å². The molecule has 0 bridgehead atoms. The first kappa shape index (κ1) is 13.9. The Kier molecular flexibility index (Phi) is 6.05. The molecule has 0 aliphatic carbocycles. The van der Waals surface area contributed by atoms with Crippen molar-refractivity contribution < 1.29 is 5.11 Å². The van der Waals surface area contributed by atoms with Gasteiger partial charge in [0.1, 0.15) is 0 Å². The van der Waals surface area contributed by atoms with Crippen molar-refractivity contribution in [1.29, 1.82) is 0 Å². The molecule has 100 valence electrons. The largest absolute Gasteiger partial charge is 0.396 e. The van der Waals surface area contributed by atoms with Crippen LogP contribution in [0.1, 0.15) is 30.4 Å². The third-order valence-corrected chi connectivity index (χ3v) is 4.53. The fourth-order valence-corrected chi connectivity index (χ4v) is 3.31. The van der Waals surface area contributed by atoms with Crippen molar-refractivity contribution in [2.24, 2.45) is 0 Å². The van der Waals surface area contributed by atoms with Crippen molar-refractivity contribution in [2.45, 2.75) is 37.0 Å². The molecule has 0 radical (unpaired) electrons. The van der Waals surface area contributed by atoms with Crippen LogP contribution in [0.15, 0.2) is 23.1 Å². The van der Waals surface area contributed by atoms with Crippen LogP contribution in [0.3, 0.4) is 0 Å². The number of unbranched alkanes of at least 4 members (excludes halogenated alkanes) is 1. The predicted octanol–water partition coefficient (Wildman–Crippen LogP) is 2.63. The first-order valence-corrected chi connectivity index (χ1v) is 7.95. The maximum absolute atomic E-state index is 8.68. The molecule has 1 aliphatic rings. The molecule has 0 saturated heterocycles. The number of nitrogens with one attached hydrogen (secondary N) is 1. The lowest BCUT2D eigenvalue weighted by atomic mass is 10.0. The lowest BCUT2D eigenvalue weighted by molar-refractivity contribution is 0.284. The minimum Gasteiger partial charge on any atom is -0.396 e. The van der Waals surface area contributed by atoms with Crippen LogP contribution in [0.25, 0.3) is 0 Å². The Morgan fingerprint density at radius 2 is 2.17 bits per heavy atom. The predicted molar refractivity (Wildman–Crippen MR) is 78.4 cm³/mol. The first-order chi connectivity index (χ1) is 8.90. The molecule has 0 saturated carbocycles. The van der Waals surface area contributed by atoms with Crippen molar-refractivity contribution in [1.82, 2.24) is 5.32 Å². The molecule has 2 N–H and O–H groups in total. The van der Waals surface area contributed by atoms with Gasteiger partial charge in [0.05, 0.1) is 0 Å². The van der Waals surface area contributed by atoms with E-state index in [1.807, 2.05) is 11.8 Å². The van der Waals surface area contributed by atoms with Gasteiger partial charge in [-0.3, -0.25) is 0 Å². The van der Waals surface area contributed by atoms with Gasteiger partial charge >= 0.3 is 0 Å². The average Bonchev–Trinajstić information content (AvgIpc) is 2.42. The summed E-state index contributed by atoms with van der Waals surface area (Å²) in [5, 5.41) is 12.1. The van der Waals surface area contributed by atoms with E-state index in [2.05, 4.69) is 23.5 Å². The van der Waals surface area contributed by atoms with E-state index in [1.54, 1.807) is 5.56 Å². The van der Waals surface area contributed by atoms with Crippen molar-refractivity contribution in [3.05, 3.63) is 29.3 Å². The second-order valence-electron chi connectivity index (χ2n) is 4.82. The van der Waals surface area contributed by atoms with Gasteiger partial charge in [-0.2, -0.15) is 0 Å². The molecule has 0 amide bonds. The average molecular weight is 265 g/mol. The number of hydrogen-bond donors (Lipinski definition) is 2. The Hall–Kier alpha value is -0.510. The van der Waals surface area contributed by atoms with Gasteiger partial charge in [0, 0.05) is 11.5 Å². The summed E-state index contributed by atoms with van der Waals surface area (Å²) < 4.78 is 0. The smallest absolute Gasteiger partial charge is 0.0431 e. The van der Waals surface area contributed by atoms with Gasteiger partial charge in [-0.25, -0.2) is 0 Å². The van der Waals surface area contributed by atoms with E-state index in [4.69, 9.17) is 5.11 Å². The fourth-order valence-electron chi connectivity index (χ4n) is 2.29. The monoisotopic (exact) mass is 265 g/mol. The van der Waals surface area contributed by atoms with Gasteiger partial charge in [-0.15, -0.1) is 11.8 Å². The van der Waals surface area contributed by atoms with Crippen LogP contribution in [0.5, 0.6) is 0 Å². The fraction of sp³-hybridized carbons (Fsp3) is 0.600. The number of thioether (sulfide) groups is 1. The Bertz CT molecular complexity index is 368. The van der Waals surface area contributed by atoms with Crippen molar-refractivity contribution in [3.8, 4) is 0 Å². The van der Waals surface area contributed by atoms with Gasteiger partial charge in [0.25, 0.3) is 0 Å². The number of fused-ring (bicyclic) bond motifs is 1. The van der Waals surface area contributed by atoms with Crippen molar-refractivity contribution in [3.63, 3.8) is 0 Å². The number of rotatable bonds is 7. The standard InChI is InChI=1S/C15H23NOS/c17-10-2-1-8-16-9-7-13-5-6-15-14(12-13)4-3-11-18-15/h5-6,12,16-17H,1-4,7-11H2. The van der Waals surface area contributed by atoms with Crippen LogP contribution in [-0.2, 0) is 12.8 Å². The summed E-state index contributed by atoms with van der Waals surface area (Å²) in [6.45, 7) is 2.36. The van der Waals surface area contributed by atoms with E-state index in [-0.39, 0.29) is 0 Å². The molecule has 2 rings (SSSR count). The van der Waals surface area contributed by atoms with Crippen molar-refractivity contribution >= 4 is 11.8 Å². The number of hydrogen-bond acceptors (Lipinski definition) is 3. The summed E-state index contributed by atoms with van der Waals surface area (Å²) in [6, 6.07) is 6.95. The molecule has 0 unspecified atom stereocenters. The van der Waals surface area contributed by atoms with Crippen LogP contribution in [0, 0.1) is 0 Å². The van der Waals surface area contributed by atoms with Crippen LogP contribution in [0.2, 0.25) is 0 Å². The first-order valence-electron chi connectivity index (χ1n) is 6.96. The minimum atomic E-state index is 0.310. The number of aryl methyl sites for hydroxylation is 1. The van der Waals surface area contributed by atoms with E-state index < -0.39 is 0 Å². The maximum Gasteiger partial charge on any atom is 0.0431 e. The molecule has 0 aromatic heterocycles. The van der Waals surface area contributed by atoms with Gasteiger partial charge < -0.3 is 10.4 Å². The molecule has 0 spiro atoms. The summed E-state index contributed by atoms with van der Waals surface area (Å²) in [5.41, 5.74) is 3.00. The molecule has 1 aromatic carbocycles. The lowest BCUT2D eigenvalue weighted by Gasteiger charge is -2.16. The van der Waals surface area contributed by atoms with Gasteiger partial charge in [0.2, 0.25) is 0 Å². The topological polar surface area (TPSA) is 32.3 Å². The van der Waals surface area contributed by atoms with Crippen LogP contribution in [-0.4, -0.2) is 30.6 Å². The van der Waals surface area contributed by atoms with E-state index in [9.17, 15) is 0 Å². The molecule has 1 heterocycles. The summed E-state index contributed by atoms with van der Waals surface area (Å²) in [6.07, 6.45) is 5.65. The summed E-state index contributed by atoms with van der Waals surface area (Å²) in [4.78, 5) is 1.49. The Labute approximate surface area is 114 Å². The normalized spacial score (nSPS) is 14.5. The maximum atomic E-state index is 8.68. The third kappa shape index (κ3) is 4.30. The highest BCUT2D eigenvalue weighted by Crippen LogP contribution is 2.30. The number of aliphatic hydroxyl groups excluding tert-OH is 1. The van der Waals surface area contributed by atoms with E-state index in [0.29, 0.717) is 6.61 Å². The van der Waals surface area contributed by atoms with E-state index in [1.165, 1.54) is 29.1 Å². The van der Waals surface area contributed by atoms with Gasteiger partial charge in [-0.05, 0) is 68.1 Å². The van der Waals surface area contributed by atoms with Gasteiger partial charge in [-0.1, -0.05) is 12.1 Å². The molecular weight excluding hydrogens is 242 g/mol. The zero-order valence-corrected chi connectivity index (χ0v) is 11.8. The van der Waals surface area contributed by atoms with E-state index >= 15 is 0 Å². The summed E-state index contributed by atoms with van der Waals surface area (Å²) >= 11 is 2.00. The van der Waals surface area contributed by atoms with Crippen LogP contribution < -0.4 is 5.32 Å². The number of aliphatic hydroxyl groups is 1. The Morgan fingerprint density at radius 3 is 3.06 bits per heavy atom. The quantitative estimate of drug-likeness (QED) is 0.743. The highest BCUT2D eigenvalue weighted by Gasteiger charge is 2.09. The third-order valence-electron chi connectivity index (χ3n) is 3.33. The van der Waals surface area contributed by atoms with E-state index in [0.717, 1.165) is 32.4 Å². The SMILES string of the molecule is OCCCCNCCc1ccc2c(c1)CCCS2. The molecule has 2 nitrogen and oxygen atoms in total. The molecule has 3 heteroatoms. The molecule has 0 atom stereocenters. The zero-order chi connectivity index (χ0) is 12.6. The lowest BCUT2D eigenvalue weighted by Crippen LogP contribution is -2.18. The second kappa shape index (κ2) is 7.82. The molecule has 1 aromatic rings. The molecule has 18 heavy (non-hydrogen) atoms.